The van der Waals surface area contributed by atoms with Crippen molar-refractivity contribution < 1.29 is 4.79 Å². The summed E-state index contributed by atoms with van der Waals surface area (Å²) in [5, 5.41) is 3.20. The zero-order valence-corrected chi connectivity index (χ0v) is 13.9. The number of hydrogen-bond acceptors (Lipinski definition) is 3. The number of carbonyl (C=O) groups excluding carboxylic acids is 1. The van der Waals surface area contributed by atoms with E-state index in [9.17, 15) is 4.79 Å². The summed E-state index contributed by atoms with van der Waals surface area (Å²) in [4.78, 5) is 17.2. The van der Waals surface area contributed by atoms with Gasteiger partial charge < -0.3 is 5.32 Å². The molecule has 110 valence electrons. The summed E-state index contributed by atoms with van der Waals surface area (Å²) in [7, 11) is 0. The molecule has 1 N–H and O–H groups in total. The second kappa shape index (κ2) is 7.16. The molecule has 2 rings (SSSR count). The van der Waals surface area contributed by atoms with Crippen molar-refractivity contribution in [2.24, 2.45) is 0 Å². The van der Waals surface area contributed by atoms with Gasteiger partial charge in [0.15, 0.2) is 5.82 Å². The van der Waals surface area contributed by atoms with Crippen LogP contribution >= 0.6 is 35.0 Å². The second-order valence-electron chi connectivity index (χ2n) is 4.55. The molecule has 0 radical (unpaired) electrons. The highest BCUT2D eigenvalue weighted by atomic mass is 35.5. The lowest BCUT2D eigenvalue weighted by atomic mass is 10.2. The Morgan fingerprint density at radius 3 is 2.57 bits per heavy atom. The molecule has 21 heavy (non-hydrogen) atoms. The first-order valence-corrected chi connectivity index (χ1v) is 7.94. The van der Waals surface area contributed by atoms with Gasteiger partial charge in [-0.3, -0.25) is 4.79 Å². The molecule has 6 heteroatoms. The Morgan fingerprint density at radius 2 is 1.95 bits per heavy atom. The maximum atomic E-state index is 12.2. The first-order chi connectivity index (χ1) is 9.95. The SMILES string of the molecule is Cc1ccc(S[C@@H](C)C(=O)Nc2ncc(Cl)cc2Cl)cc1. The normalized spacial score (nSPS) is 12.0. The summed E-state index contributed by atoms with van der Waals surface area (Å²) >= 11 is 13.2. The number of thioether (sulfide) groups is 1. The van der Waals surface area contributed by atoms with Gasteiger partial charge in [-0.15, -0.1) is 11.8 Å². The fourth-order valence-electron chi connectivity index (χ4n) is 1.60. The van der Waals surface area contributed by atoms with Crippen LogP contribution in [0.2, 0.25) is 10.0 Å². The lowest BCUT2D eigenvalue weighted by Crippen LogP contribution is -2.23. The number of nitrogens with zero attached hydrogens (tertiary/aromatic N) is 1. The number of pyridine rings is 1. The summed E-state index contributed by atoms with van der Waals surface area (Å²) in [5.41, 5.74) is 1.19. The maximum absolute atomic E-state index is 12.2. The highest BCUT2D eigenvalue weighted by molar-refractivity contribution is 8.00. The molecule has 2 aromatic rings. The summed E-state index contributed by atoms with van der Waals surface area (Å²) in [6, 6.07) is 9.58. The molecular formula is C15H14Cl2N2OS. The van der Waals surface area contributed by atoms with Gasteiger partial charge in [-0.1, -0.05) is 40.9 Å². The van der Waals surface area contributed by atoms with E-state index in [0.717, 1.165) is 4.90 Å². The van der Waals surface area contributed by atoms with Crippen LogP contribution in [0.25, 0.3) is 0 Å². The van der Waals surface area contributed by atoms with E-state index < -0.39 is 0 Å². The van der Waals surface area contributed by atoms with E-state index in [0.29, 0.717) is 15.9 Å². The van der Waals surface area contributed by atoms with Crippen molar-refractivity contribution in [1.82, 2.24) is 4.98 Å². The number of nitrogens with one attached hydrogen (secondary N) is 1. The molecule has 0 fully saturated rings. The molecule has 1 aromatic carbocycles. The quantitative estimate of drug-likeness (QED) is 0.811. The number of aryl methyl sites for hydroxylation is 1. The summed E-state index contributed by atoms with van der Waals surface area (Å²) in [6.07, 6.45) is 1.45. The summed E-state index contributed by atoms with van der Waals surface area (Å²) < 4.78 is 0. The van der Waals surface area contributed by atoms with E-state index in [4.69, 9.17) is 23.2 Å². The van der Waals surface area contributed by atoms with Gasteiger partial charge in [-0.05, 0) is 32.0 Å². The van der Waals surface area contributed by atoms with Crippen molar-refractivity contribution in [3.8, 4) is 0 Å². The monoisotopic (exact) mass is 340 g/mol. The molecule has 1 amide bonds. The molecule has 0 unspecified atom stereocenters. The molecule has 0 spiro atoms. The van der Waals surface area contributed by atoms with Crippen LogP contribution in [-0.4, -0.2) is 16.1 Å². The maximum Gasteiger partial charge on any atom is 0.238 e. The van der Waals surface area contributed by atoms with Crippen molar-refractivity contribution in [1.29, 1.82) is 0 Å². The van der Waals surface area contributed by atoms with E-state index in [1.54, 1.807) is 6.07 Å². The van der Waals surface area contributed by atoms with Gasteiger partial charge in [0.05, 0.1) is 15.3 Å². The molecular weight excluding hydrogens is 327 g/mol. The van der Waals surface area contributed by atoms with Crippen LogP contribution in [-0.2, 0) is 4.79 Å². The van der Waals surface area contributed by atoms with Crippen LogP contribution in [0.5, 0.6) is 0 Å². The van der Waals surface area contributed by atoms with Crippen molar-refractivity contribution >= 4 is 46.7 Å². The predicted molar refractivity (Wildman–Crippen MR) is 89.4 cm³/mol. The van der Waals surface area contributed by atoms with Gasteiger partial charge in [0.2, 0.25) is 5.91 Å². The third kappa shape index (κ3) is 4.63. The molecule has 0 saturated heterocycles. The fourth-order valence-corrected chi connectivity index (χ4v) is 2.89. The van der Waals surface area contributed by atoms with Crippen LogP contribution in [0.15, 0.2) is 41.4 Å². The average Bonchev–Trinajstić information content (AvgIpc) is 2.44. The van der Waals surface area contributed by atoms with E-state index >= 15 is 0 Å². The minimum absolute atomic E-state index is 0.155. The minimum Gasteiger partial charge on any atom is -0.308 e. The predicted octanol–water partition coefficient (Wildman–Crippen LogP) is 4.82. The topological polar surface area (TPSA) is 42.0 Å². The standard InChI is InChI=1S/C15H14Cl2N2OS/c1-9-3-5-12(6-4-9)21-10(2)15(20)19-14-13(17)7-11(16)8-18-14/h3-8,10H,1-2H3,(H,18,19,20)/t10-/m0/s1. The van der Waals surface area contributed by atoms with Gasteiger partial charge in [0.25, 0.3) is 0 Å². The van der Waals surface area contributed by atoms with Crippen LogP contribution < -0.4 is 5.32 Å². The third-order valence-corrected chi connectivity index (χ3v) is 4.36. The van der Waals surface area contributed by atoms with Gasteiger partial charge >= 0.3 is 0 Å². The first-order valence-electron chi connectivity index (χ1n) is 6.31. The Morgan fingerprint density at radius 1 is 1.29 bits per heavy atom. The Labute approximate surface area is 138 Å². The second-order valence-corrected chi connectivity index (χ2v) is 6.80. The molecule has 1 heterocycles. The number of benzene rings is 1. The van der Waals surface area contributed by atoms with E-state index in [1.807, 2.05) is 38.1 Å². The Hall–Kier alpha value is -1.23. The minimum atomic E-state index is -0.263. The highest BCUT2D eigenvalue weighted by Gasteiger charge is 2.16. The third-order valence-electron chi connectivity index (χ3n) is 2.75. The Bertz CT molecular complexity index is 647. The van der Waals surface area contributed by atoms with Gasteiger partial charge in [0.1, 0.15) is 0 Å². The summed E-state index contributed by atoms with van der Waals surface area (Å²) in [5.74, 6) is 0.166. The van der Waals surface area contributed by atoms with Gasteiger partial charge in [0, 0.05) is 11.1 Å². The van der Waals surface area contributed by atoms with Crippen molar-refractivity contribution in [2.75, 3.05) is 5.32 Å². The van der Waals surface area contributed by atoms with Gasteiger partial charge in [-0.2, -0.15) is 0 Å². The zero-order valence-electron chi connectivity index (χ0n) is 11.6. The molecule has 1 atom stereocenters. The van der Waals surface area contributed by atoms with Crippen LogP contribution in [0.1, 0.15) is 12.5 Å². The van der Waals surface area contributed by atoms with Crippen LogP contribution in [0.3, 0.4) is 0 Å². The van der Waals surface area contributed by atoms with Crippen molar-refractivity contribution in [3.05, 3.63) is 52.1 Å². The lowest BCUT2D eigenvalue weighted by molar-refractivity contribution is -0.115. The van der Waals surface area contributed by atoms with Crippen molar-refractivity contribution in [3.63, 3.8) is 0 Å². The molecule has 0 aliphatic carbocycles. The van der Waals surface area contributed by atoms with E-state index in [-0.39, 0.29) is 11.2 Å². The largest absolute Gasteiger partial charge is 0.308 e. The average molecular weight is 341 g/mol. The number of halogens is 2. The molecule has 0 aliphatic heterocycles. The smallest absolute Gasteiger partial charge is 0.238 e. The lowest BCUT2D eigenvalue weighted by Gasteiger charge is -2.12. The molecule has 0 bridgehead atoms. The fraction of sp³-hybridized carbons (Fsp3) is 0.200. The zero-order chi connectivity index (χ0) is 15.4. The Kier molecular flexibility index (Phi) is 5.51. The molecule has 1 aromatic heterocycles. The number of hydrogen-bond donors (Lipinski definition) is 1. The van der Waals surface area contributed by atoms with Crippen LogP contribution in [0.4, 0.5) is 5.82 Å². The number of rotatable bonds is 4. The van der Waals surface area contributed by atoms with E-state index in [2.05, 4.69) is 10.3 Å². The number of carbonyl (C=O) groups is 1. The van der Waals surface area contributed by atoms with E-state index in [1.165, 1.54) is 23.5 Å². The number of anilines is 1. The molecule has 0 aliphatic rings. The van der Waals surface area contributed by atoms with Crippen molar-refractivity contribution in [2.45, 2.75) is 24.0 Å². The number of amides is 1. The highest BCUT2D eigenvalue weighted by Crippen LogP contribution is 2.26. The molecule has 0 saturated carbocycles. The first kappa shape index (κ1) is 16.1. The Balaban J connectivity index is 2.00. The number of aromatic nitrogens is 1. The van der Waals surface area contributed by atoms with Gasteiger partial charge in [-0.25, -0.2) is 4.98 Å². The van der Waals surface area contributed by atoms with Crippen LogP contribution in [0, 0.1) is 6.92 Å². The summed E-state index contributed by atoms with van der Waals surface area (Å²) in [6.45, 7) is 3.86. The molecule has 3 nitrogen and oxygen atoms in total.